The van der Waals surface area contributed by atoms with E-state index in [9.17, 15) is 4.79 Å². The molecule has 1 aromatic rings. The molecule has 1 heterocycles. The van der Waals surface area contributed by atoms with Crippen LogP contribution in [0, 0.1) is 0 Å². The molecule has 0 atom stereocenters. The van der Waals surface area contributed by atoms with Gasteiger partial charge in [0.05, 0.1) is 19.3 Å². The minimum Gasteiger partial charge on any atom is -0.478 e. The van der Waals surface area contributed by atoms with Crippen LogP contribution in [0.15, 0.2) is 16.7 Å². The van der Waals surface area contributed by atoms with Crippen molar-refractivity contribution in [2.75, 3.05) is 18.5 Å². The van der Waals surface area contributed by atoms with Crippen molar-refractivity contribution in [3.05, 3.63) is 22.3 Å². The second kappa shape index (κ2) is 5.78. The second-order valence-electron chi connectivity index (χ2n) is 3.06. The molecule has 0 saturated heterocycles. The van der Waals surface area contributed by atoms with Gasteiger partial charge in [-0.2, -0.15) is 0 Å². The van der Waals surface area contributed by atoms with Gasteiger partial charge in [-0.05, 0) is 22.0 Å². The number of carbonyl (C=O) groups is 1. The van der Waals surface area contributed by atoms with Gasteiger partial charge in [0.1, 0.15) is 11.4 Å². The Hall–Kier alpha value is -1.18. The van der Waals surface area contributed by atoms with E-state index in [0.29, 0.717) is 4.47 Å². The molecule has 0 fully saturated rings. The van der Waals surface area contributed by atoms with Gasteiger partial charge in [-0.1, -0.05) is 0 Å². The van der Waals surface area contributed by atoms with Crippen LogP contribution >= 0.6 is 15.9 Å². The van der Waals surface area contributed by atoms with E-state index >= 15 is 0 Å². The monoisotopic (exact) mass is 290 g/mol. The third-order valence-electron chi connectivity index (χ3n) is 1.87. The van der Waals surface area contributed by atoms with Crippen molar-refractivity contribution in [2.45, 2.75) is 6.04 Å². The van der Waals surface area contributed by atoms with E-state index in [1.165, 1.54) is 12.3 Å². The molecule has 0 radical (unpaired) electrons. The number of rotatable bonds is 5. The van der Waals surface area contributed by atoms with Crippen LogP contribution in [0.1, 0.15) is 10.4 Å². The first kappa shape index (κ1) is 12.9. The number of halogens is 1. The lowest BCUT2D eigenvalue weighted by Crippen LogP contribution is -2.29. The molecule has 6 nitrogen and oxygen atoms in total. The van der Waals surface area contributed by atoms with Gasteiger partial charge in [0, 0.05) is 10.7 Å². The Morgan fingerprint density at radius 2 is 2.12 bits per heavy atom. The predicted octanol–water partition coefficient (Wildman–Crippen LogP) is 0.307. The van der Waals surface area contributed by atoms with Gasteiger partial charge in [-0.3, -0.25) is 0 Å². The van der Waals surface area contributed by atoms with E-state index in [1.807, 2.05) is 0 Å². The number of carboxylic acid groups (broad SMARTS) is 1. The fraction of sp³-hybridized carbons (Fsp3) is 0.333. The minimum absolute atomic E-state index is 0.0266. The number of carboxylic acids is 1. The van der Waals surface area contributed by atoms with Crippen LogP contribution in [0.25, 0.3) is 0 Å². The van der Waals surface area contributed by atoms with Gasteiger partial charge < -0.3 is 20.6 Å². The lowest BCUT2D eigenvalue weighted by atomic mass is 10.2. The molecule has 0 unspecified atom stereocenters. The summed E-state index contributed by atoms with van der Waals surface area (Å²) < 4.78 is 0.542. The van der Waals surface area contributed by atoms with Crippen molar-refractivity contribution >= 4 is 27.7 Å². The molecule has 0 aromatic carbocycles. The summed E-state index contributed by atoms with van der Waals surface area (Å²) in [5.41, 5.74) is -0.0266. The van der Waals surface area contributed by atoms with Crippen LogP contribution < -0.4 is 5.32 Å². The summed E-state index contributed by atoms with van der Waals surface area (Å²) in [7, 11) is 0. The quantitative estimate of drug-likeness (QED) is 0.622. The van der Waals surface area contributed by atoms with Crippen LogP contribution in [-0.4, -0.2) is 45.5 Å². The normalized spacial score (nSPS) is 10.5. The van der Waals surface area contributed by atoms with Crippen molar-refractivity contribution in [3.8, 4) is 0 Å². The molecule has 0 amide bonds. The first-order chi connectivity index (χ1) is 7.58. The zero-order valence-corrected chi connectivity index (χ0v) is 9.81. The van der Waals surface area contributed by atoms with E-state index in [1.54, 1.807) is 0 Å². The summed E-state index contributed by atoms with van der Waals surface area (Å²) in [6.07, 6.45) is 1.43. The van der Waals surface area contributed by atoms with E-state index in [2.05, 4.69) is 26.2 Å². The van der Waals surface area contributed by atoms with Crippen LogP contribution in [0.5, 0.6) is 0 Å². The summed E-state index contributed by atoms with van der Waals surface area (Å²) in [6, 6.07) is 0.760. The maximum Gasteiger partial charge on any atom is 0.339 e. The van der Waals surface area contributed by atoms with Crippen LogP contribution in [0.2, 0.25) is 0 Å². The average Bonchev–Trinajstić information content (AvgIpc) is 2.27. The third kappa shape index (κ3) is 3.16. The molecule has 1 aromatic heterocycles. The summed E-state index contributed by atoms with van der Waals surface area (Å²) in [4.78, 5) is 14.8. The highest BCUT2D eigenvalue weighted by molar-refractivity contribution is 9.10. The third-order valence-corrected chi connectivity index (χ3v) is 2.30. The van der Waals surface area contributed by atoms with Crippen LogP contribution in [-0.2, 0) is 0 Å². The number of pyridine rings is 1. The summed E-state index contributed by atoms with van der Waals surface area (Å²) in [5, 5.41) is 29.3. The predicted molar refractivity (Wildman–Crippen MR) is 60.5 cm³/mol. The van der Waals surface area contributed by atoms with Crippen molar-refractivity contribution in [1.29, 1.82) is 0 Å². The number of aromatic nitrogens is 1. The Balaban J connectivity index is 2.98. The van der Waals surface area contributed by atoms with Gasteiger partial charge in [-0.25, -0.2) is 9.78 Å². The summed E-state index contributed by atoms with van der Waals surface area (Å²) in [6.45, 7) is -0.624. The molecule has 7 heteroatoms. The highest BCUT2D eigenvalue weighted by atomic mass is 79.9. The number of nitrogens with zero attached hydrogens (tertiary/aromatic N) is 1. The molecule has 0 aliphatic rings. The molecule has 0 bridgehead atoms. The van der Waals surface area contributed by atoms with Crippen molar-refractivity contribution in [2.24, 2.45) is 0 Å². The number of anilines is 1. The van der Waals surface area contributed by atoms with E-state index in [0.717, 1.165) is 0 Å². The van der Waals surface area contributed by atoms with Gasteiger partial charge in [-0.15, -0.1) is 0 Å². The number of hydrogen-bond acceptors (Lipinski definition) is 5. The maximum atomic E-state index is 10.9. The molecular formula is C9H11BrN2O4. The first-order valence-electron chi connectivity index (χ1n) is 4.45. The molecule has 1 rings (SSSR count). The van der Waals surface area contributed by atoms with E-state index in [-0.39, 0.29) is 24.6 Å². The van der Waals surface area contributed by atoms with Crippen LogP contribution in [0.4, 0.5) is 5.82 Å². The Kier molecular flexibility index (Phi) is 4.66. The molecule has 0 spiro atoms. The standard InChI is InChI=1S/C9H11BrN2O4/c10-5-1-7(9(15)16)8(11-2-5)12-6(3-13)4-14/h1-2,6,13-14H,3-4H2,(H,11,12)(H,15,16). The molecule has 0 saturated carbocycles. The largest absolute Gasteiger partial charge is 0.478 e. The second-order valence-corrected chi connectivity index (χ2v) is 3.98. The zero-order chi connectivity index (χ0) is 12.1. The zero-order valence-electron chi connectivity index (χ0n) is 8.22. The number of hydrogen-bond donors (Lipinski definition) is 4. The minimum atomic E-state index is -1.13. The van der Waals surface area contributed by atoms with Crippen molar-refractivity contribution < 1.29 is 20.1 Å². The molecule has 4 N–H and O–H groups in total. The Morgan fingerprint density at radius 1 is 1.50 bits per heavy atom. The smallest absolute Gasteiger partial charge is 0.339 e. The SMILES string of the molecule is O=C(O)c1cc(Br)cnc1NC(CO)CO. The topological polar surface area (TPSA) is 103 Å². The lowest BCUT2D eigenvalue weighted by Gasteiger charge is -2.15. The van der Waals surface area contributed by atoms with E-state index < -0.39 is 12.0 Å². The number of aliphatic hydroxyl groups excluding tert-OH is 2. The van der Waals surface area contributed by atoms with Crippen molar-refractivity contribution in [1.82, 2.24) is 4.98 Å². The van der Waals surface area contributed by atoms with Crippen LogP contribution in [0.3, 0.4) is 0 Å². The highest BCUT2D eigenvalue weighted by Gasteiger charge is 2.15. The maximum absolute atomic E-state index is 10.9. The lowest BCUT2D eigenvalue weighted by molar-refractivity contribution is 0.0697. The van der Waals surface area contributed by atoms with Gasteiger partial charge >= 0.3 is 5.97 Å². The Morgan fingerprint density at radius 3 is 2.62 bits per heavy atom. The number of aliphatic hydroxyl groups is 2. The molecule has 88 valence electrons. The first-order valence-corrected chi connectivity index (χ1v) is 5.25. The molecule has 0 aliphatic carbocycles. The summed E-state index contributed by atoms with van der Waals surface area (Å²) in [5.74, 6) is -1.02. The molecule has 16 heavy (non-hydrogen) atoms. The fourth-order valence-electron chi connectivity index (χ4n) is 1.06. The van der Waals surface area contributed by atoms with Gasteiger partial charge in [0.25, 0.3) is 0 Å². The van der Waals surface area contributed by atoms with Gasteiger partial charge in [0.15, 0.2) is 0 Å². The Labute approximate surface area is 100 Å². The summed E-state index contributed by atoms with van der Waals surface area (Å²) >= 11 is 3.11. The number of nitrogens with one attached hydrogen (secondary N) is 1. The Bertz CT molecular complexity index is 382. The molecular weight excluding hydrogens is 280 g/mol. The van der Waals surface area contributed by atoms with Crippen molar-refractivity contribution in [3.63, 3.8) is 0 Å². The highest BCUT2D eigenvalue weighted by Crippen LogP contribution is 2.18. The van der Waals surface area contributed by atoms with Gasteiger partial charge in [0.2, 0.25) is 0 Å². The molecule has 0 aliphatic heterocycles. The average molecular weight is 291 g/mol. The van der Waals surface area contributed by atoms with E-state index in [4.69, 9.17) is 15.3 Å². The fourth-order valence-corrected chi connectivity index (χ4v) is 1.39. The number of aromatic carboxylic acids is 1.